The van der Waals surface area contributed by atoms with Crippen molar-refractivity contribution in [3.8, 4) is 0 Å². The number of nitrogens with zero attached hydrogens (tertiary/aromatic N) is 2. The third kappa shape index (κ3) is 2.93. The smallest absolute Gasteiger partial charge is 0.128 e. The molecule has 0 aliphatic rings. The molecular weight excluding hydrogens is 234 g/mol. The Hall–Kier alpha value is -1.87. The van der Waals surface area contributed by atoms with Crippen LogP contribution in [0.4, 0.5) is 5.82 Å². The van der Waals surface area contributed by atoms with Crippen LogP contribution in [0.15, 0.2) is 42.5 Å². The van der Waals surface area contributed by atoms with Crippen LogP contribution in [0.25, 0.3) is 0 Å². The Balaban J connectivity index is 2.31. The van der Waals surface area contributed by atoms with E-state index < -0.39 is 0 Å². The largest absolute Gasteiger partial charge is 0.360 e. The zero-order valence-corrected chi connectivity index (χ0v) is 11.8. The molecule has 0 spiro atoms. The van der Waals surface area contributed by atoms with Gasteiger partial charge in [0.1, 0.15) is 5.82 Å². The summed E-state index contributed by atoms with van der Waals surface area (Å²) in [6.45, 7) is 5.07. The van der Waals surface area contributed by atoms with Crippen molar-refractivity contribution in [3.63, 3.8) is 0 Å². The van der Waals surface area contributed by atoms with E-state index in [0.717, 1.165) is 29.2 Å². The lowest BCUT2D eigenvalue weighted by Crippen LogP contribution is -2.19. The average Bonchev–Trinajstić information content (AvgIpc) is 2.46. The molecule has 1 heterocycles. The summed E-state index contributed by atoms with van der Waals surface area (Å²) < 4.78 is 0. The van der Waals surface area contributed by atoms with Gasteiger partial charge in [-0.2, -0.15) is 0 Å². The minimum atomic E-state index is -0.116. The highest BCUT2D eigenvalue weighted by atomic mass is 15.2. The number of aryl methyl sites for hydroxylation is 1. The molecule has 1 aromatic carbocycles. The summed E-state index contributed by atoms with van der Waals surface area (Å²) in [6.07, 6.45) is 0. The highest BCUT2D eigenvalue weighted by Crippen LogP contribution is 2.23. The third-order valence-corrected chi connectivity index (χ3v) is 3.47. The Kier molecular flexibility index (Phi) is 4.17. The van der Waals surface area contributed by atoms with Gasteiger partial charge in [-0.25, -0.2) is 4.98 Å². The van der Waals surface area contributed by atoms with Crippen LogP contribution in [-0.2, 0) is 0 Å². The van der Waals surface area contributed by atoms with E-state index in [9.17, 15) is 0 Å². The normalized spacial score (nSPS) is 12.2. The van der Waals surface area contributed by atoms with Crippen molar-refractivity contribution in [1.82, 2.24) is 4.98 Å². The van der Waals surface area contributed by atoms with E-state index in [1.54, 1.807) is 0 Å². The molecule has 19 heavy (non-hydrogen) atoms. The molecule has 2 N–H and O–H groups in total. The molecule has 1 unspecified atom stereocenters. The van der Waals surface area contributed by atoms with Crippen LogP contribution in [-0.4, -0.2) is 18.6 Å². The zero-order chi connectivity index (χ0) is 13.8. The molecule has 2 aromatic rings. The Morgan fingerprint density at radius 2 is 1.84 bits per heavy atom. The molecule has 2 rings (SSSR count). The van der Waals surface area contributed by atoms with Crippen molar-refractivity contribution in [1.29, 1.82) is 0 Å². The first kappa shape index (κ1) is 13.6. The minimum Gasteiger partial charge on any atom is -0.360 e. The number of nitrogens with two attached hydrogens (primary N) is 1. The van der Waals surface area contributed by atoms with Crippen molar-refractivity contribution in [3.05, 3.63) is 59.3 Å². The fourth-order valence-electron chi connectivity index (χ4n) is 2.10. The van der Waals surface area contributed by atoms with Gasteiger partial charge < -0.3 is 10.6 Å². The highest BCUT2D eigenvalue weighted by Gasteiger charge is 2.13. The molecular formula is C16H21N3. The standard InChI is InChI=1S/C16H21N3/c1-4-19(3)15-11-10-14(12(2)18-15)16(17)13-8-6-5-7-9-13/h5-11,16H,4,17H2,1-3H3. The zero-order valence-electron chi connectivity index (χ0n) is 11.8. The summed E-state index contributed by atoms with van der Waals surface area (Å²) in [7, 11) is 2.04. The summed E-state index contributed by atoms with van der Waals surface area (Å²) in [6, 6.07) is 14.1. The van der Waals surface area contributed by atoms with Crippen LogP contribution in [0, 0.1) is 6.92 Å². The first-order valence-corrected chi connectivity index (χ1v) is 6.62. The van der Waals surface area contributed by atoms with Crippen LogP contribution in [0.5, 0.6) is 0 Å². The summed E-state index contributed by atoms with van der Waals surface area (Å²) in [5.74, 6) is 0.990. The molecule has 100 valence electrons. The Bertz CT molecular complexity index is 537. The minimum absolute atomic E-state index is 0.116. The number of hydrogen-bond donors (Lipinski definition) is 1. The first-order valence-electron chi connectivity index (χ1n) is 6.62. The first-order chi connectivity index (χ1) is 9.13. The molecule has 0 saturated heterocycles. The van der Waals surface area contributed by atoms with E-state index >= 15 is 0 Å². The van der Waals surface area contributed by atoms with Crippen molar-refractivity contribution in [2.75, 3.05) is 18.5 Å². The lowest BCUT2D eigenvalue weighted by Gasteiger charge is -2.19. The second kappa shape index (κ2) is 5.85. The van der Waals surface area contributed by atoms with E-state index in [-0.39, 0.29) is 6.04 Å². The number of rotatable bonds is 4. The monoisotopic (exact) mass is 255 g/mol. The van der Waals surface area contributed by atoms with Gasteiger partial charge in [-0.1, -0.05) is 36.4 Å². The van der Waals surface area contributed by atoms with Gasteiger partial charge in [-0.15, -0.1) is 0 Å². The predicted molar refractivity (Wildman–Crippen MR) is 80.4 cm³/mol. The molecule has 3 nitrogen and oxygen atoms in total. The molecule has 0 amide bonds. The maximum Gasteiger partial charge on any atom is 0.128 e. The Morgan fingerprint density at radius 1 is 1.16 bits per heavy atom. The van der Waals surface area contributed by atoms with E-state index in [0.29, 0.717) is 0 Å². The topological polar surface area (TPSA) is 42.1 Å². The Morgan fingerprint density at radius 3 is 2.42 bits per heavy atom. The molecule has 3 heteroatoms. The van der Waals surface area contributed by atoms with Gasteiger partial charge in [0.25, 0.3) is 0 Å². The van der Waals surface area contributed by atoms with Gasteiger partial charge >= 0.3 is 0 Å². The predicted octanol–water partition coefficient (Wildman–Crippen LogP) is 2.89. The third-order valence-electron chi connectivity index (χ3n) is 3.47. The van der Waals surface area contributed by atoms with Gasteiger partial charge in [-0.05, 0) is 31.0 Å². The second-order valence-electron chi connectivity index (χ2n) is 4.75. The molecule has 0 bridgehead atoms. The van der Waals surface area contributed by atoms with E-state index in [4.69, 9.17) is 5.73 Å². The summed E-state index contributed by atoms with van der Waals surface area (Å²) >= 11 is 0. The van der Waals surface area contributed by atoms with Crippen LogP contribution in [0.2, 0.25) is 0 Å². The fourth-order valence-corrected chi connectivity index (χ4v) is 2.10. The molecule has 0 saturated carbocycles. The molecule has 1 atom stereocenters. The number of hydrogen-bond acceptors (Lipinski definition) is 3. The molecule has 0 radical (unpaired) electrons. The van der Waals surface area contributed by atoms with Crippen LogP contribution >= 0.6 is 0 Å². The van der Waals surface area contributed by atoms with E-state index in [2.05, 4.69) is 35.0 Å². The lowest BCUT2D eigenvalue weighted by molar-refractivity contribution is 0.840. The van der Waals surface area contributed by atoms with E-state index in [1.165, 1.54) is 0 Å². The highest BCUT2D eigenvalue weighted by molar-refractivity contribution is 5.43. The van der Waals surface area contributed by atoms with Crippen LogP contribution in [0.1, 0.15) is 29.8 Å². The quantitative estimate of drug-likeness (QED) is 0.913. The second-order valence-corrected chi connectivity index (χ2v) is 4.75. The lowest BCUT2D eigenvalue weighted by atomic mass is 9.98. The fraction of sp³-hybridized carbons (Fsp3) is 0.312. The van der Waals surface area contributed by atoms with Gasteiger partial charge in [-0.3, -0.25) is 0 Å². The summed E-state index contributed by atoms with van der Waals surface area (Å²) in [4.78, 5) is 6.75. The maximum atomic E-state index is 6.32. The molecule has 0 aliphatic carbocycles. The maximum absolute atomic E-state index is 6.32. The van der Waals surface area contributed by atoms with Crippen LogP contribution < -0.4 is 10.6 Å². The summed E-state index contributed by atoms with van der Waals surface area (Å²) in [5, 5.41) is 0. The summed E-state index contributed by atoms with van der Waals surface area (Å²) in [5.41, 5.74) is 9.51. The SMILES string of the molecule is CCN(C)c1ccc(C(N)c2ccccc2)c(C)n1. The van der Waals surface area contributed by atoms with Gasteiger partial charge in [0.2, 0.25) is 0 Å². The number of benzene rings is 1. The van der Waals surface area contributed by atoms with Gasteiger partial charge in [0, 0.05) is 19.3 Å². The van der Waals surface area contributed by atoms with Crippen molar-refractivity contribution in [2.45, 2.75) is 19.9 Å². The Labute approximate surface area is 115 Å². The molecule has 0 fully saturated rings. The molecule has 1 aromatic heterocycles. The number of aromatic nitrogens is 1. The number of anilines is 1. The average molecular weight is 255 g/mol. The van der Waals surface area contributed by atoms with Crippen molar-refractivity contribution >= 4 is 5.82 Å². The van der Waals surface area contributed by atoms with Crippen molar-refractivity contribution < 1.29 is 0 Å². The number of pyridine rings is 1. The molecule has 0 aliphatic heterocycles. The van der Waals surface area contributed by atoms with E-state index in [1.807, 2.05) is 38.2 Å². The van der Waals surface area contributed by atoms with Gasteiger partial charge in [0.15, 0.2) is 0 Å². The van der Waals surface area contributed by atoms with Crippen molar-refractivity contribution in [2.24, 2.45) is 5.73 Å². The van der Waals surface area contributed by atoms with Crippen LogP contribution in [0.3, 0.4) is 0 Å². The van der Waals surface area contributed by atoms with Gasteiger partial charge in [0.05, 0.1) is 6.04 Å².